The van der Waals surface area contributed by atoms with Gasteiger partial charge in [0.2, 0.25) is 0 Å². The minimum absolute atomic E-state index is 0. The van der Waals surface area contributed by atoms with Crippen LogP contribution < -0.4 is 34.7 Å². The van der Waals surface area contributed by atoms with Crippen molar-refractivity contribution in [3.63, 3.8) is 0 Å². The van der Waals surface area contributed by atoms with E-state index in [0.717, 1.165) is 0 Å². The molecule has 0 aromatic heterocycles. The summed E-state index contributed by atoms with van der Waals surface area (Å²) in [5.74, 6) is -1.21. The van der Waals surface area contributed by atoms with E-state index < -0.39 is 5.97 Å². The van der Waals surface area contributed by atoms with Crippen molar-refractivity contribution in [2.24, 2.45) is 0 Å². The van der Waals surface area contributed by atoms with Crippen molar-refractivity contribution in [2.75, 3.05) is 0 Å². The average Bonchev–Trinajstić information content (AvgIpc) is 1.88. The zero-order valence-electron chi connectivity index (χ0n) is 6.00. The van der Waals surface area contributed by atoms with Crippen molar-refractivity contribution in [3.8, 4) is 0 Å². The van der Waals surface area contributed by atoms with Gasteiger partial charge >= 0.3 is 29.6 Å². The van der Waals surface area contributed by atoms with Gasteiger partial charge in [0.1, 0.15) is 0 Å². The fourth-order valence-electron chi connectivity index (χ4n) is 0.615. The Hall–Kier alpha value is -0.0200. The van der Waals surface area contributed by atoms with Crippen molar-refractivity contribution in [3.05, 3.63) is 34.9 Å². The molecular weight excluding hydrogens is 175 g/mol. The maximum atomic E-state index is 10.2. The molecule has 11 heavy (non-hydrogen) atoms. The Balaban J connectivity index is 0.000001000. The van der Waals surface area contributed by atoms with E-state index in [-0.39, 0.29) is 35.1 Å². The molecule has 0 N–H and O–H groups in total. The van der Waals surface area contributed by atoms with E-state index >= 15 is 0 Å². The number of carbonyl (C=O) groups is 1. The monoisotopic (exact) mass is 178 g/mol. The molecule has 0 amide bonds. The summed E-state index contributed by atoms with van der Waals surface area (Å²) < 4.78 is 0. The van der Waals surface area contributed by atoms with Crippen LogP contribution in [0.5, 0.6) is 0 Å². The van der Waals surface area contributed by atoms with Gasteiger partial charge in [-0.25, -0.2) is 0 Å². The van der Waals surface area contributed by atoms with Gasteiger partial charge in [0.25, 0.3) is 0 Å². The molecule has 1 aromatic carbocycles. The number of carboxylic acid groups (broad SMARTS) is 1. The molecule has 0 unspecified atom stereocenters. The van der Waals surface area contributed by atoms with Crippen molar-refractivity contribution in [1.29, 1.82) is 0 Å². The van der Waals surface area contributed by atoms with Crippen molar-refractivity contribution in [1.82, 2.24) is 0 Å². The van der Waals surface area contributed by atoms with Gasteiger partial charge in [0, 0.05) is 5.02 Å². The number of rotatable bonds is 1. The van der Waals surface area contributed by atoms with Crippen LogP contribution in [0, 0.1) is 0 Å². The third kappa shape index (κ3) is 3.25. The van der Waals surface area contributed by atoms with Gasteiger partial charge in [-0.1, -0.05) is 23.7 Å². The van der Waals surface area contributed by atoms with Crippen LogP contribution in [-0.4, -0.2) is 5.97 Å². The summed E-state index contributed by atoms with van der Waals surface area (Å²) in [5.41, 5.74) is 0.104. The summed E-state index contributed by atoms with van der Waals surface area (Å²) in [6.07, 6.45) is 0. The van der Waals surface area contributed by atoms with Gasteiger partial charge in [0.15, 0.2) is 0 Å². The molecular formula is C7H4ClNaO2. The van der Waals surface area contributed by atoms with Crippen molar-refractivity contribution >= 4 is 17.6 Å². The maximum Gasteiger partial charge on any atom is 1.00 e. The first-order valence-corrected chi connectivity index (χ1v) is 3.05. The molecule has 1 rings (SSSR count). The Morgan fingerprint density at radius 1 is 1.45 bits per heavy atom. The predicted octanol–water partition coefficient (Wildman–Crippen LogP) is -2.29. The van der Waals surface area contributed by atoms with Crippen LogP contribution >= 0.6 is 11.6 Å². The van der Waals surface area contributed by atoms with Crippen LogP contribution in [0.2, 0.25) is 5.02 Å². The third-order valence-corrected chi connectivity index (χ3v) is 1.30. The molecule has 52 valence electrons. The summed E-state index contributed by atoms with van der Waals surface area (Å²) in [7, 11) is 0. The molecule has 4 heteroatoms. The Bertz CT molecular complexity index is 262. The molecule has 0 aliphatic heterocycles. The van der Waals surface area contributed by atoms with Gasteiger partial charge in [-0.3, -0.25) is 0 Å². The van der Waals surface area contributed by atoms with Gasteiger partial charge in [-0.05, 0) is 17.7 Å². The van der Waals surface area contributed by atoms with Crippen LogP contribution in [0.25, 0.3) is 0 Å². The fraction of sp³-hybridized carbons (Fsp3) is 0. The normalized spacial score (nSPS) is 8.45. The van der Waals surface area contributed by atoms with Crippen molar-refractivity contribution < 1.29 is 39.5 Å². The van der Waals surface area contributed by atoms with Gasteiger partial charge in [0.05, 0.1) is 5.97 Å². The molecule has 0 bridgehead atoms. The van der Waals surface area contributed by atoms with Gasteiger partial charge in [-0.15, -0.1) is 0 Å². The minimum Gasteiger partial charge on any atom is -0.545 e. The summed E-state index contributed by atoms with van der Waals surface area (Å²) in [6, 6.07) is 5.94. The zero-order chi connectivity index (χ0) is 7.56. The van der Waals surface area contributed by atoms with Crippen molar-refractivity contribution in [2.45, 2.75) is 0 Å². The van der Waals surface area contributed by atoms with E-state index in [1.807, 2.05) is 0 Å². The van der Waals surface area contributed by atoms with E-state index in [9.17, 15) is 9.90 Å². The quantitative estimate of drug-likeness (QED) is 0.454. The molecule has 2 nitrogen and oxygen atoms in total. The summed E-state index contributed by atoms with van der Waals surface area (Å²) in [6.45, 7) is 0. The number of carbonyl (C=O) groups excluding carboxylic acids is 1. The van der Waals surface area contributed by atoms with Crippen LogP contribution in [0.1, 0.15) is 10.4 Å². The van der Waals surface area contributed by atoms with Gasteiger partial charge < -0.3 is 9.90 Å². The number of aromatic carboxylic acids is 1. The molecule has 0 fully saturated rings. The second-order valence-corrected chi connectivity index (χ2v) is 2.23. The van der Waals surface area contributed by atoms with Crippen LogP contribution in [0.15, 0.2) is 24.3 Å². The number of carboxylic acids is 1. The summed E-state index contributed by atoms with van der Waals surface area (Å²) >= 11 is 5.50. The SMILES string of the molecule is O=C([O-])c1cccc(Cl)c1.[Na+]. The second-order valence-electron chi connectivity index (χ2n) is 1.80. The molecule has 0 saturated heterocycles. The van der Waals surface area contributed by atoms with Crippen LogP contribution in [0.3, 0.4) is 0 Å². The smallest absolute Gasteiger partial charge is 0.545 e. The number of hydrogen-bond donors (Lipinski definition) is 0. The molecule has 0 saturated carbocycles. The number of hydrogen-bond acceptors (Lipinski definition) is 2. The van der Waals surface area contributed by atoms with E-state index in [1.54, 1.807) is 12.1 Å². The molecule has 0 aliphatic rings. The number of benzene rings is 1. The van der Waals surface area contributed by atoms with E-state index in [2.05, 4.69) is 0 Å². The van der Waals surface area contributed by atoms with E-state index in [0.29, 0.717) is 5.02 Å². The Morgan fingerprint density at radius 2 is 2.09 bits per heavy atom. The third-order valence-electron chi connectivity index (χ3n) is 1.06. The first kappa shape index (κ1) is 11.0. The van der Waals surface area contributed by atoms with Gasteiger partial charge in [-0.2, -0.15) is 0 Å². The molecule has 0 aliphatic carbocycles. The van der Waals surface area contributed by atoms with E-state index in [4.69, 9.17) is 11.6 Å². The first-order valence-electron chi connectivity index (χ1n) is 2.67. The number of halogens is 1. The molecule has 0 atom stereocenters. The second kappa shape index (κ2) is 4.78. The van der Waals surface area contributed by atoms with Crippen LogP contribution in [-0.2, 0) is 0 Å². The van der Waals surface area contributed by atoms with E-state index in [1.165, 1.54) is 12.1 Å². The molecule has 0 radical (unpaired) electrons. The summed E-state index contributed by atoms with van der Waals surface area (Å²) in [4.78, 5) is 10.2. The maximum absolute atomic E-state index is 10.2. The first-order chi connectivity index (χ1) is 4.70. The zero-order valence-corrected chi connectivity index (χ0v) is 8.76. The topological polar surface area (TPSA) is 40.1 Å². The Kier molecular flexibility index (Phi) is 4.77. The Labute approximate surface area is 91.5 Å². The molecule has 0 heterocycles. The van der Waals surface area contributed by atoms with Crippen LogP contribution in [0.4, 0.5) is 0 Å². The average molecular weight is 179 g/mol. The largest absolute Gasteiger partial charge is 1.00 e. The molecule has 1 aromatic rings. The summed E-state index contributed by atoms with van der Waals surface area (Å²) in [5, 5.41) is 10.6. The standard InChI is InChI=1S/C7H5ClO2.Na/c8-6-3-1-2-5(4-6)7(9)10;/h1-4H,(H,9,10);/q;+1/p-1. The molecule has 0 spiro atoms. The minimum atomic E-state index is -1.21. The predicted molar refractivity (Wildman–Crippen MR) is 35.8 cm³/mol. The Morgan fingerprint density at radius 3 is 2.45 bits per heavy atom. The fourth-order valence-corrected chi connectivity index (χ4v) is 0.806.